The van der Waals surface area contributed by atoms with E-state index in [1.165, 1.54) is 17.7 Å². The molecule has 1 aromatic heterocycles. The van der Waals surface area contributed by atoms with Crippen molar-refractivity contribution in [1.29, 1.82) is 0 Å². The third kappa shape index (κ3) is 4.84. The molecule has 1 aliphatic carbocycles. The van der Waals surface area contributed by atoms with Crippen LogP contribution in [0.2, 0.25) is 0 Å². The van der Waals surface area contributed by atoms with Crippen molar-refractivity contribution in [1.82, 2.24) is 5.32 Å². The Labute approximate surface area is 129 Å². The van der Waals surface area contributed by atoms with Crippen molar-refractivity contribution >= 4 is 23.2 Å². The number of carboxylic acid groups (broad SMARTS) is 1. The molecule has 0 saturated heterocycles. The Kier molecular flexibility index (Phi) is 5.79. The summed E-state index contributed by atoms with van der Waals surface area (Å²) in [4.78, 5) is 24.1. The number of carbonyl (C=O) groups excluding carboxylic acids is 1. The van der Waals surface area contributed by atoms with Crippen molar-refractivity contribution in [2.24, 2.45) is 11.8 Å². The summed E-state index contributed by atoms with van der Waals surface area (Å²) in [5, 5.41) is 14.0. The summed E-state index contributed by atoms with van der Waals surface area (Å²) in [6.45, 7) is 1.81. The number of carbonyl (C=O) groups is 2. The molecule has 1 amide bonds. The molecule has 5 heteroatoms. The van der Waals surface area contributed by atoms with Crippen molar-refractivity contribution in [2.75, 3.05) is 0 Å². The quantitative estimate of drug-likeness (QED) is 0.809. The van der Waals surface area contributed by atoms with E-state index in [0.717, 1.165) is 12.8 Å². The van der Waals surface area contributed by atoms with Crippen LogP contribution < -0.4 is 5.32 Å². The summed E-state index contributed by atoms with van der Waals surface area (Å²) in [5.41, 5.74) is 0. The molecule has 0 aliphatic heterocycles. The molecule has 4 nitrogen and oxygen atoms in total. The summed E-state index contributed by atoms with van der Waals surface area (Å²) >= 11 is 1.68. The highest BCUT2D eigenvalue weighted by Gasteiger charge is 2.28. The molecular weight excluding hydrogens is 286 g/mol. The molecule has 1 saturated carbocycles. The van der Waals surface area contributed by atoms with Crippen molar-refractivity contribution < 1.29 is 14.7 Å². The van der Waals surface area contributed by atoms with Crippen molar-refractivity contribution in [2.45, 2.75) is 51.5 Å². The van der Waals surface area contributed by atoms with E-state index < -0.39 is 5.97 Å². The fourth-order valence-corrected chi connectivity index (χ4v) is 3.97. The van der Waals surface area contributed by atoms with Gasteiger partial charge in [-0.1, -0.05) is 25.8 Å². The van der Waals surface area contributed by atoms with E-state index in [1.54, 1.807) is 11.3 Å². The Bertz CT molecular complexity index is 466. The zero-order valence-electron chi connectivity index (χ0n) is 12.4. The predicted molar refractivity (Wildman–Crippen MR) is 83.2 cm³/mol. The van der Waals surface area contributed by atoms with Crippen molar-refractivity contribution in [3.05, 3.63) is 22.4 Å². The monoisotopic (exact) mass is 309 g/mol. The smallest absolute Gasteiger partial charge is 0.303 e. The van der Waals surface area contributed by atoms with E-state index in [0.29, 0.717) is 5.92 Å². The fraction of sp³-hybridized carbons (Fsp3) is 0.625. The summed E-state index contributed by atoms with van der Waals surface area (Å²) < 4.78 is 0. The van der Waals surface area contributed by atoms with E-state index in [-0.39, 0.29) is 30.7 Å². The predicted octanol–water partition coefficient (Wildman–Crippen LogP) is 3.60. The Morgan fingerprint density at radius 1 is 1.38 bits per heavy atom. The maximum absolute atomic E-state index is 12.2. The Balaban J connectivity index is 1.95. The van der Waals surface area contributed by atoms with E-state index in [1.807, 2.05) is 18.4 Å². The van der Waals surface area contributed by atoms with E-state index in [2.05, 4.69) is 11.4 Å². The fourth-order valence-electron chi connectivity index (χ4n) is 3.10. The number of amides is 1. The van der Waals surface area contributed by atoms with Gasteiger partial charge in [0, 0.05) is 17.7 Å². The van der Waals surface area contributed by atoms with Gasteiger partial charge in [-0.3, -0.25) is 9.59 Å². The lowest BCUT2D eigenvalue weighted by molar-refractivity contribution is -0.138. The topological polar surface area (TPSA) is 66.4 Å². The third-order valence-corrected chi connectivity index (χ3v) is 5.05. The van der Waals surface area contributed by atoms with Crippen LogP contribution in [0.4, 0.5) is 0 Å². The second-order valence-electron chi connectivity index (χ2n) is 6.01. The Morgan fingerprint density at radius 3 is 2.67 bits per heavy atom. The van der Waals surface area contributed by atoms with Crippen LogP contribution in [0.3, 0.4) is 0 Å². The first-order valence-electron chi connectivity index (χ1n) is 7.61. The zero-order chi connectivity index (χ0) is 15.2. The summed E-state index contributed by atoms with van der Waals surface area (Å²) in [6, 6.07) is 4.19. The molecule has 1 aromatic rings. The lowest BCUT2D eigenvalue weighted by atomic mass is 9.95. The molecule has 2 unspecified atom stereocenters. The van der Waals surface area contributed by atoms with Crippen LogP contribution in [0.1, 0.15) is 56.4 Å². The van der Waals surface area contributed by atoms with E-state index in [9.17, 15) is 9.59 Å². The van der Waals surface area contributed by atoms with Gasteiger partial charge in [0.05, 0.1) is 6.04 Å². The van der Waals surface area contributed by atoms with Gasteiger partial charge in [0.15, 0.2) is 0 Å². The van der Waals surface area contributed by atoms with Gasteiger partial charge in [0.1, 0.15) is 0 Å². The minimum atomic E-state index is -0.846. The lowest BCUT2D eigenvalue weighted by Crippen LogP contribution is -2.33. The molecule has 0 spiro atoms. The average Bonchev–Trinajstić information content (AvgIpc) is 3.08. The van der Waals surface area contributed by atoms with Gasteiger partial charge in [-0.25, -0.2) is 0 Å². The number of aliphatic carboxylic acids is 1. The molecular formula is C16H23NO3S. The molecule has 2 rings (SSSR count). The van der Waals surface area contributed by atoms with Crippen LogP contribution in [0, 0.1) is 11.8 Å². The minimum Gasteiger partial charge on any atom is -0.481 e. The van der Waals surface area contributed by atoms with Gasteiger partial charge in [-0.05, 0) is 36.1 Å². The molecule has 21 heavy (non-hydrogen) atoms. The third-order valence-electron chi connectivity index (χ3n) is 4.09. The highest BCUT2D eigenvalue weighted by molar-refractivity contribution is 7.10. The summed E-state index contributed by atoms with van der Waals surface area (Å²) in [5.74, 6) is -0.493. The number of hydrogen-bond donors (Lipinski definition) is 2. The minimum absolute atomic E-state index is 0.0333. The van der Waals surface area contributed by atoms with Gasteiger partial charge in [0.25, 0.3) is 0 Å². The van der Waals surface area contributed by atoms with Crippen molar-refractivity contribution in [3.63, 3.8) is 0 Å². The largest absolute Gasteiger partial charge is 0.481 e. The number of nitrogens with one attached hydrogen (secondary N) is 1. The molecule has 2 N–H and O–H groups in total. The Morgan fingerprint density at radius 2 is 2.10 bits per heavy atom. The molecule has 2 atom stereocenters. The lowest BCUT2D eigenvalue weighted by Gasteiger charge is -2.24. The molecule has 116 valence electrons. The van der Waals surface area contributed by atoms with Gasteiger partial charge in [0.2, 0.25) is 5.91 Å². The average molecular weight is 309 g/mol. The van der Waals surface area contributed by atoms with Crippen molar-refractivity contribution in [3.8, 4) is 0 Å². The number of hydrogen-bond acceptors (Lipinski definition) is 3. The highest BCUT2D eigenvalue weighted by Crippen LogP contribution is 2.37. The maximum Gasteiger partial charge on any atom is 0.303 e. The van der Waals surface area contributed by atoms with E-state index in [4.69, 9.17) is 5.11 Å². The summed E-state index contributed by atoms with van der Waals surface area (Å²) in [7, 11) is 0. The van der Waals surface area contributed by atoms with Gasteiger partial charge >= 0.3 is 5.97 Å². The van der Waals surface area contributed by atoms with Crippen LogP contribution in [-0.4, -0.2) is 17.0 Å². The van der Waals surface area contributed by atoms with Crippen LogP contribution in [0.25, 0.3) is 0 Å². The first-order valence-corrected chi connectivity index (χ1v) is 8.48. The molecule has 0 bridgehead atoms. The normalized spacial score (nSPS) is 18.3. The van der Waals surface area contributed by atoms with Gasteiger partial charge in [-0.15, -0.1) is 11.3 Å². The highest BCUT2D eigenvalue weighted by atomic mass is 32.1. The van der Waals surface area contributed by atoms with Crippen LogP contribution in [0.5, 0.6) is 0 Å². The molecule has 1 heterocycles. The molecule has 1 fully saturated rings. The summed E-state index contributed by atoms with van der Waals surface area (Å²) in [6.07, 6.45) is 5.11. The standard InChI is InChI=1S/C16H23NO3S/c1-11(10-15(19)20)9-14(18)17-16(12-5-2-3-6-12)13-7-4-8-21-13/h4,7-8,11-12,16H,2-3,5-6,9-10H2,1H3,(H,17,18)(H,19,20). The SMILES string of the molecule is CC(CC(=O)O)CC(=O)NC(c1cccs1)C1CCCC1. The number of carboxylic acids is 1. The maximum atomic E-state index is 12.2. The van der Waals surface area contributed by atoms with Gasteiger partial charge < -0.3 is 10.4 Å². The molecule has 0 aromatic carbocycles. The van der Waals surface area contributed by atoms with Crippen LogP contribution >= 0.6 is 11.3 Å². The van der Waals surface area contributed by atoms with Crippen LogP contribution in [0.15, 0.2) is 17.5 Å². The first-order chi connectivity index (χ1) is 10.1. The second kappa shape index (κ2) is 7.59. The van der Waals surface area contributed by atoms with Gasteiger partial charge in [-0.2, -0.15) is 0 Å². The Hall–Kier alpha value is -1.36. The number of rotatable bonds is 7. The molecule has 0 radical (unpaired) electrons. The second-order valence-corrected chi connectivity index (χ2v) is 6.99. The van der Waals surface area contributed by atoms with Crippen LogP contribution in [-0.2, 0) is 9.59 Å². The number of thiophene rings is 1. The zero-order valence-corrected chi connectivity index (χ0v) is 13.2. The molecule has 1 aliphatic rings. The first kappa shape index (κ1) is 16.0. The van der Waals surface area contributed by atoms with E-state index >= 15 is 0 Å².